The fourth-order valence-electron chi connectivity index (χ4n) is 7.17. The molecule has 0 aliphatic rings. The largest absolute Gasteiger partial charge is 0.309 e. The van der Waals surface area contributed by atoms with Crippen LogP contribution in [-0.4, -0.2) is 36.1 Å². The van der Waals surface area contributed by atoms with Gasteiger partial charge in [-0.05, 0) is 61.5 Å². The predicted octanol–water partition coefficient (Wildman–Crippen LogP) is 12.2. The normalized spacial score (nSPS) is 12.2. The average molecular weight is 752 g/mol. The van der Waals surface area contributed by atoms with Gasteiger partial charge in [-0.3, -0.25) is 4.98 Å². The zero-order valence-corrected chi connectivity index (χ0v) is 31.7. The van der Waals surface area contributed by atoms with Crippen LogP contribution < -0.4 is 0 Å². The van der Waals surface area contributed by atoms with Gasteiger partial charge in [-0.1, -0.05) is 115 Å². The molecule has 7 nitrogen and oxygen atoms in total. The number of hydrogen-bond acceptors (Lipinski definition) is 6. The van der Waals surface area contributed by atoms with E-state index < -0.39 is 0 Å². The van der Waals surface area contributed by atoms with Crippen molar-refractivity contribution in [2.45, 2.75) is 6.92 Å². The number of fused-ring (bicyclic) bond motifs is 4. The SMILES string of the molecule is CC(=NC(=Nc1csc2ccccc12)c1ccc2c(c1)c1ccccc1n2-c1ccccc1)c1ccc(-c2nc(-c3ccccc3)nc(-c3ccccc3)n2)nc1. The summed E-state index contributed by atoms with van der Waals surface area (Å²) in [5.74, 6) is 2.30. The first-order valence-corrected chi connectivity index (χ1v) is 19.6. The second-order valence-corrected chi connectivity index (χ2v) is 14.6. The van der Waals surface area contributed by atoms with Gasteiger partial charge >= 0.3 is 0 Å². The van der Waals surface area contributed by atoms with Gasteiger partial charge in [-0.25, -0.2) is 24.9 Å². The quantitative estimate of drug-likeness (QED) is 0.120. The average Bonchev–Trinajstić information content (AvgIpc) is 3.85. The van der Waals surface area contributed by atoms with Gasteiger partial charge in [0, 0.05) is 66.1 Å². The number of benzene rings is 6. The van der Waals surface area contributed by atoms with Gasteiger partial charge in [0.2, 0.25) is 0 Å². The van der Waals surface area contributed by atoms with Crippen molar-refractivity contribution in [3.05, 3.63) is 193 Å². The molecule has 6 aromatic carbocycles. The Kier molecular flexibility index (Phi) is 8.78. The van der Waals surface area contributed by atoms with Crippen LogP contribution in [-0.2, 0) is 0 Å². The van der Waals surface area contributed by atoms with E-state index in [1.165, 1.54) is 10.1 Å². The first-order valence-electron chi connectivity index (χ1n) is 18.7. The first kappa shape index (κ1) is 34.1. The Morgan fingerprint density at radius 2 is 1.14 bits per heavy atom. The number of aliphatic imine (C=N–C) groups is 2. The summed E-state index contributed by atoms with van der Waals surface area (Å²) in [5.41, 5.74) is 9.30. The lowest BCUT2D eigenvalue weighted by atomic mass is 10.1. The van der Waals surface area contributed by atoms with Crippen LogP contribution in [0.25, 0.3) is 71.9 Å². The molecule has 0 bridgehead atoms. The number of amidine groups is 1. The van der Waals surface area contributed by atoms with Crippen molar-refractivity contribution in [1.82, 2.24) is 24.5 Å². The van der Waals surface area contributed by atoms with Crippen molar-refractivity contribution in [3.8, 4) is 40.0 Å². The highest BCUT2D eigenvalue weighted by Gasteiger charge is 2.17. The Morgan fingerprint density at radius 1 is 0.544 bits per heavy atom. The molecule has 0 aliphatic heterocycles. The maximum atomic E-state index is 5.26. The number of nitrogens with zero attached hydrogens (tertiary/aromatic N) is 7. The van der Waals surface area contributed by atoms with Crippen molar-refractivity contribution in [2.75, 3.05) is 0 Å². The standard InChI is InChI=1S/C49H33N7S/c1-32(36-25-27-41(50-30-36)49-54-46(33-15-5-2-6-16-33)53-47(55-49)34-17-7-3-8-18-34)51-48(52-42-31-57-45-24-14-12-22-39(42)45)35-26-28-44-40(29-35)38-21-11-13-23-43(38)56(44)37-19-9-4-10-20-37/h2-31H,1H3. The molecule has 0 spiro atoms. The topological polar surface area (TPSA) is 81.2 Å². The van der Waals surface area contributed by atoms with Gasteiger partial charge in [0.25, 0.3) is 0 Å². The number of pyridine rings is 1. The Labute approximate surface area is 333 Å². The number of aromatic nitrogens is 5. The molecule has 0 saturated carbocycles. The molecule has 0 amide bonds. The fraction of sp³-hybridized carbons (Fsp3) is 0.0204. The van der Waals surface area contributed by atoms with Crippen molar-refractivity contribution >= 4 is 60.5 Å². The number of para-hydroxylation sites is 2. The van der Waals surface area contributed by atoms with Crippen LogP contribution in [0.4, 0.5) is 5.69 Å². The number of hydrogen-bond donors (Lipinski definition) is 0. The third-order valence-electron chi connectivity index (χ3n) is 10.0. The van der Waals surface area contributed by atoms with Crippen LogP contribution in [0.15, 0.2) is 191 Å². The van der Waals surface area contributed by atoms with Gasteiger partial charge in [0.05, 0.1) is 16.7 Å². The van der Waals surface area contributed by atoms with Crippen LogP contribution in [0.3, 0.4) is 0 Å². The van der Waals surface area contributed by atoms with E-state index in [1.54, 1.807) is 11.3 Å². The first-order chi connectivity index (χ1) is 28.2. The summed E-state index contributed by atoms with van der Waals surface area (Å²) in [5, 5.41) is 5.51. The zero-order valence-electron chi connectivity index (χ0n) is 30.9. The highest BCUT2D eigenvalue weighted by atomic mass is 32.1. The maximum Gasteiger partial charge on any atom is 0.182 e. The summed E-state index contributed by atoms with van der Waals surface area (Å²) in [6.45, 7) is 2.00. The molecule has 8 heteroatoms. The summed E-state index contributed by atoms with van der Waals surface area (Å²) in [6, 6.07) is 57.8. The van der Waals surface area contributed by atoms with Gasteiger partial charge in [0.15, 0.2) is 23.3 Å². The number of thiophene rings is 1. The van der Waals surface area contributed by atoms with Crippen LogP contribution in [0.5, 0.6) is 0 Å². The monoisotopic (exact) mass is 751 g/mol. The Hall–Kier alpha value is -7.42. The van der Waals surface area contributed by atoms with Crippen LogP contribution in [0, 0.1) is 0 Å². The Morgan fingerprint density at radius 3 is 1.84 bits per heavy atom. The minimum Gasteiger partial charge on any atom is -0.309 e. The van der Waals surface area contributed by atoms with Crippen LogP contribution in [0.2, 0.25) is 0 Å². The van der Waals surface area contributed by atoms with Crippen molar-refractivity contribution in [2.24, 2.45) is 9.98 Å². The van der Waals surface area contributed by atoms with E-state index in [0.717, 1.165) is 61.1 Å². The second-order valence-electron chi connectivity index (χ2n) is 13.6. The van der Waals surface area contributed by atoms with Crippen molar-refractivity contribution < 1.29 is 0 Å². The molecule has 0 unspecified atom stereocenters. The molecule has 0 saturated heterocycles. The summed E-state index contributed by atoms with van der Waals surface area (Å²) >= 11 is 1.69. The van der Waals surface area contributed by atoms with Crippen molar-refractivity contribution in [3.63, 3.8) is 0 Å². The highest BCUT2D eigenvalue weighted by Crippen LogP contribution is 2.35. The molecule has 0 N–H and O–H groups in total. The molecular formula is C49H33N7S. The van der Waals surface area contributed by atoms with E-state index in [0.29, 0.717) is 29.0 Å². The Balaban J connectivity index is 1.07. The van der Waals surface area contributed by atoms with E-state index in [4.69, 9.17) is 29.9 Å². The van der Waals surface area contributed by atoms with Crippen LogP contribution in [0.1, 0.15) is 18.1 Å². The predicted molar refractivity (Wildman–Crippen MR) is 235 cm³/mol. The third-order valence-corrected chi connectivity index (χ3v) is 11.0. The molecule has 57 heavy (non-hydrogen) atoms. The zero-order chi connectivity index (χ0) is 38.1. The van der Waals surface area contributed by atoms with Crippen molar-refractivity contribution in [1.29, 1.82) is 0 Å². The van der Waals surface area contributed by atoms with Gasteiger partial charge < -0.3 is 4.57 Å². The minimum absolute atomic E-state index is 0.499. The molecule has 0 aliphatic carbocycles. The lowest BCUT2D eigenvalue weighted by molar-refractivity contribution is 1.06. The third kappa shape index (κ3) is 6.58. The summed E-state index contributed by atoms with van der Waals surface area (Å²) < 4.78 is 3.50. The molecule has 4 heterocycles. The minimum atomic E-state index is 0.499. The molecule has 0 fully saturated rings. The lowest BCUT2D eigenvalue weighted by Crippen LogP contribution is -2.05. The molecular weight excluding hydrogens is 719 g/mol. The second kappa shape index (κ2) is 14.7. The molecule has 270 valence electrons. The van der Waals surface area contributed by atoms with Gasteiger partial charge in [0.1, 0.15) is 5.69 Å². The van der Waals surface area contributed by atoms with Crippen LogP contribution >= 0.6 is 11.3 Å². The molecule has 0 radical (unpaired) electrons. The summed E-state index contributed by atoms with van der Waals surface area (Å²) in [7, 11) is 0. The molecule has 4 aromatic heterocycles. The number of rotatable bonds is 7. The maximum absolute atomic E-state index is 5.26. The Bertz CT molecular complexity index is 3060. The molecule has 10 rings (SSSR count). The van der Waals surface area contributed by atoms with E-state index in [9.17, 15) is 0 Å². The molecule has 10 aromatic rings. The summed E-state index contributed by atoms with van der Waals surface area (Å²) in [4.78, 5) is 29.9. The van der Waals surface area contributed by atoms with Gasteiger partial charge in [-0.15, -0.1) is 11.3 Å². The highest BCUT2D eigenvalue weighted by molar-refractivity contribution is 7.17. The molecule has 0 atom stereocenters. The van der Waals surface area contributed by atoms with E-state index >= 15 is 0 Å². The smallest absolute Gasteiger partial charge is 0.182 e. The van der Waals surface area contributed by atoms with E-state index in [-0.39, 0.29) is 0 Å². The van der Waals surface area contributed by atoms with Gasteiger partial charge in [-0.2, -0.15) is 0 Å². The van der Waals surface area contributed by atoms with E-state index in [2.05, 4.69) is 101 Å². The fourth-order valence-corrected chi connectivity index (χ4v) is 8.05. The van der Waals surface area contributed by atoms with E-state index in [1.807, 2.05) is 92.0 Å². The summed E-state index contributed by atoms with van der Waals surface area (Å²) in [6.07, 6.45) is 1.83. The lowest BCUT2D eigenvalue weighted by Gasteiger charge is -2.09.